The van der Waals surface area contributed by atoms with Gasteiger partial charge in [-0.3, -0.25) is 0 Å². The van der Waals surface area contributed by atoms with Crippen LogP contribution in [0.5, 0.6) is 0 Å². The molecule has 0 heterocycles. The van der Waals surface area contributed by atoms with Gasteiger partial charge in [0.15, 0.2) is 0 Å². The van der Waals surface area contributed by atoms with Crippen LogP contribution in [-0.4, -0.2) is 8.32 Å². The first-order valence-electron chi connectivity index (χ1n) is 0.698. The molecule has 0 amide bonds. The quantitative estimate of drug-likeness (QED) is 0.445. The zero-order chi connectivity index (χ0) is 4.50. The molecule has 0 bridgehead atoms. The van der Waals surface area contributed by atoms with E-state index < -0.39 is 13.6 Å². The van der Waals surface area contributed by atoms with Gasteiger partial charge in [0.05, 0.1) is 0 Å². The van der Waals surface area contributed by atoms with E-state index in [2.05, 4.69) is 0 Å². The van der Waals surface area contributed by atoms with Crippen LogP contribution in [0.3, 0.4) is 0 Å². The van der Waals surface area contributed by atoms with Crippen LogP contribution in [0.4, 0.5) is 0 Å². The van der Waals surface area contributed by atoms with E-state index in [0.29, 0.717) is 0 Å². The van der Waals surface area contributed by atoms with Crippen molar-refractivity contribution in [2.24, 2.45) is 0 Å². The van der Waals surface area contributed by atoms with Gasteiger partial charge in [0, 0.05) is 16.5 Å². The fourth-order valence-corrected chi connectivity index (χ4v) is 0. The fraction of sp³-hybridized carbons (Fsp3) is 0. The van der Waals surface area contributed by atoms with Gasteiger partial charge in [-0.2, -0.15) is 0 Å². The van der Waals surface area contributed by atoms with Crippen LogP contribution in [0.15, 0.2) is 0 Å². The molecule has 0 atom stereocenters. The van der Waals surface area contributed by atoms with Crippen molar-refractivity contribution < 1.29 is 116 Å². The van der Waals surface area contributed by atoms with Crippen LogP contribution in [-0.2, 0) is 37.7 Å². The van der Waals surface area contributed by atoms with E-state index in [9.17, 15) is 0 Å². The van der Waals surface area contributed by atoms with Crippen molar-refractivity contribution >= 4 is 0 Å². The third-order valence-corrected chi connectivity index (χ3v) is 0. The Kier molecular flexibility index (Phi) is 15.6. The van der Waals surface area contributed by atoms with E-state index in [0.717, 1.165) is 0 Å². The molecule has 0 unspecified atom stereocenters. The maximum absolute atomic E-state index is 8.82. The van der Waals surface area contributed by atoms with E-state index >= 15 is 0 Å². The first kappa shape index (κ1) is 16.3. The van der Waals surface area contributed by atoms with Crippen molar-refractivity contribution in [1.82, 2.24) is 0 Å². The van der Waals surface area contributed by atoms with Crippen molar-refractivity contribution in [3.05, 3.63) is 0 Å². The number of rotatable bonds is 0. The first-order valence-corrected chi connectivity index (χ1v) is 2.88. The molecule has 0 aliphatic carbocycles. The molecular weight excluding hydrogens is 308 g/mol. The van der Waals surface area contributed by atoms with Crippen molar-refractivity contribution in [3.63, 3.8) is 0 Å². The van der Waals surface area contributed by atoms with Crippen LogP contribution >= 0.6 is 0 Å². The Morgan fingerprint density at radius 3 is 1.29 bits per heavy atom. The second kappa shape index (κ2) is 6.71. The van der Waals surface area contributed by atoms with Crippen molar-refractivity contribution in [3.8, 4) is 0 Å². The van der Waals surface area contributed by atoms with Crippen LogP contribution in [0.2, 0.25) is 0 Å². The van der Waals surface area contributed by atoms with Gasteiger partial charge in [0.1, 0.15) is 0 Å². The van der Waals surface area contributed by atoms with E-state index in [4.69, 9.17) is 15.9 Å². The number of hydrogen-bond acceptors (Lipinski definition) is 2. The zero-order valence-corrected chi connectivity index (χ0v) is 12.0. The predicted molar refractivity (Wildman–Crippen MR) is 6.92 cm³/mol. The second-order valence-corrected chi connectivity index (χ2v) is 1.85. The summed E-state index contributed by atoms with van der Waals surface area (Å²) in [6.07, 6.45) is 0. The van der Waals surface area contributed by atoms with E-state index in [-0.39, 0.29) is 86.8 Å². The second-order valence-electron chi connectivity index (χ2n) is 0.448. The molecule has 0 aromatic heterocycles. The summed E-state index contributed by atoms with van der Waals surface area (Å²) >= 11 is -5.25. The Labute approximate surface area is 113 Å². The Morgan fingerprint density at radius 1 is 1.29 bits per heavy atom. The predicted octanol–water partition coefficient (Wildman–Crippen LogP) is -4.24. The summed E-state index contributed by atoms with van der Waals surface area (Å²) in [6.45, 7) is 0. The molecule has 0 aliphatic heterocycles. The molecule has 7 heteroatoms. The summed E-state index contributed by atoms with van der Waals surface area (Å²) in [5.41, 5.74) is 0. The maximum atomic E-state index is 8.82. The number of hydrogen-bond donors (Lipinski definition) is 2. The summed E-state index contributed by atoms with van der Waals surface area (Å²) in [5, 5.41) is 0. The van der Waals surface area contributed by atoms with Gasteiger partial charge in [-0.05, 0) is 0 Å². The van der Waals surface area contributed by atoms with Crippen LogP contribution in [0.25, 0.3) is 0 Å². The van der Waals surface area contributed by atoms with Gasteiger partial charge < -0.3 is 1.43 Å². The molecule has 0 spiro atoms. The Bertz CT molecular complexity index is 99.2. The molecule has 0 rings (SSSR count). The van der Waals surface area contributed by atoms with Crippen molar-refractivity contribution in [1.29, 1.82) is 0 Å². The average Bonchev–Trinajstić information content (AvgIpc) is 0.722. The molecule has 4 nitrogen and oxygen atoms in total. The molecule has 0 saturated heterocycles. The third-order valence-electron chi connectivity index (χ3n) is 0. The van der Waals surface area contributed by atoms with Crippen molar-refractivity contribution in [2.75, 3.05) is 0 Å². The first-order chi connectivity index (χ1) is 2.00. The van der Waals surface area contributed by atoms with E-state index in [1.807, 2.05) is 0 Å². The minimum atomic E-state index is -5.25. The van der Waals surface area contributed by atoms with Gasteiger partial charge in [-0.15, -0.1) is 0 Å². The Morgan fingerprint density at radius 2 is 1.29 bits per heavy atom. The van der Waals surface area contributed by atoms with Crippen molar-refractivity contribution in [2.45, 2.75) is 0 Å². The van der Waals surface area contributed by atoms with Gasteiger partial charge in [0.2, 0.25) is 0 Å². The summed E-state index contributed by atoms with van der Waals surface area (Å²) in [4.78, 5) is 0. The molecule has 0 fully saturated rings. The van der Waals surface area contributed by atoms with E-state index in [1.54, 1.807) is 0 Å². The summed E-state index contributed by atoms with van der Waals surface area (Å²) in [7, 11) is 0. The van der Waals surface area contributed by atoms with Crippen LogP contribution in [0, 0.1) is 0 Å². The standard InChI is InChI=1S/Cr.Cs.Ni.2H2O.2O.H/h;;;2*1H2;;;/q+2;+1;;;;;;-1/p-2. The van der Waals surface area contributed by atoms with Crippen LogP contribution < -0.4 is 68.9 Å². The molecule has 0 aromatic rings. The fourth-order valence-electron chi connectivity index (χ4n) is 0. The molecule has 0 radical (unpaired) electrons. The Hall–Kier alpha value is 2.60. The topological polar surface area (TPSA) is 74.6 Å². The molecule has 0 saturated carbocycles. The molecule has 7 heavy (non-hydrogen) atoms. The SMILES string of the molecule is [Cs+].[H-].[Ni].[O]=[Cr](=[O])([OH])[OH]. The van der Waals surface area contributed by atoms with Gasteiger partial charge in [0.25, 0.3) is 0 Å². The molecule has 0 aromatic carbocycles. The van der Waals surface area contributed by atoms with Gasteiger partial charge in [-0.1, -0.05) is 0 Å². The molecular formula is H3CrCsNiO4. The Balaban J connectivity index is -0.0000000267. The monoisotopic (exact) mass is 310 g/mol. The molecule has 44 valence electrons. The van der Waals surface area contributed by atoms with Gasteiger partial charge >= 0.3 is 98.4 Å². The minimum absolute atomic E-state index is 0. The zero-order valence-electron chi connectivity index (χ0n) is 4.44. The summed E-state index contributed by atoms with van der Waals surface area (Å²) in [6, 6.07) is 0. The third kappa shape index (κ3) is 55.5. The summed E-state index contributed by atoms with van der Waals surface area (Å²) in [5.74, 6) is 0. The summed E-state index contributed by atoms with van der Waals surface area (Å²) < 4.78 is 31.9. The molecule has 2 N–H and O–H groups in total. The van der Waals surface area contributed by atoms with Gasteiger partial charge in [-0.25, -0.2) is 0 Å². The van der Waals surface area contributed by atoms with Crippen LogP contribution in [0.1, 0.15) is 1.43 Å². The molecule has 0 aliphatic rings. The normalized spacial score (nSPS) is 8.29. The average molecular weight is 311 g/mol. The van der Waals surface area contributed by atoms with E-state index in [1.165, 1.54) is 0 Å².